The summed E-state index contributed by atoms with van der Waals surface area (Å²) in [5, 5.41) is 2.66. The lowest BCUT2D eigenvalue weighted by Crippen LogP contribution is -2.21. The first-order chi connectivity index (χ1) is 11.5. The fourth-order valence-electron chi connectivity index (χ4n) is 2.16. The summed E-state index contributed by atoms with van der Waals surface area (Å²) in [6.07, 6.45) is 0.0506. The largest absolute Gasteiger partial charge is 0.496 e. The van der Waals surface area contributed by atoms with Crippen molar-refractivity contribution < 1.29 is 19.1 Å². The van der Waals surface area contributed by atoms with E-state index in [1.165, 1.54) is 0 Å². The zero-order chi connectivity index (χ0) is 17.5. The predicted octanol–water partition coefficient (Wildman–Crippen LogP) is 3.49. The molecule has 5 nitrogen and oxygen atoms in total. The van der Waals surface area contributed by atoms with Crippen LogP contribution >= 0.6 is 15.9 Å². The van der Waals surface area contributed by atoms with Gasteiger partial charge < -0.3 is 14.8 Å². The summed E-state index contributed by atoms with van der Waals surface area (Å²) in [4.78, 5) is 23.8. The molecule has 2 aromatic carbocycles. The first-order valence-electron chi connectivity index (χ1n) is 7.32. The van der Waals surface area contributed by atoms with Gasteiger partial charge in [-0.2, -0.15) is 0 Å². The van der Waals surface area contributed by atoms with Gasteiger partial charge in [-0.1, -0.05) is 39.7 Å². The Morgan fingerprint density at radius 1 is 1.17 bits per heavy atom. The number of hydrogen-bond donors (Lipinski definition) is 1. The second-order valence-electron chi connectivity index (χ2n) is 5.21. The van der Waals surface area contributed by atoms with Gasteiger partial charge in [0.2, 0.25) is 0 Å². The SMILES string of the molecule is COc1ccc(C)cc1CC(=O)OCC(=O)Nc1cccc(Br)c1. The number of carbonyl (C=O) groups is 2. The Morgan fingerprint density at radius 2 is 1.96 bits per heavy atom. The lowest BCUT2D eigenvalue weighted by molar-refractivity contribution is -0.146. The molecule has 0 saturated heterocycles. The maximum Gasteiger partial charge on any atom is 0.310 e. The van der Waals surface area contributed by atoms with Gasteiger partial charge in [-0.25, -0.2) is 0 Å². The Balaban J connectivity index is 1.87. The van der Waals surface area contributed by atoms with Crippen LogP contribution in [0.15, 0.2) is 46.9 Å². The molecule has 0 heterocycles. The third-order valence-corrected chi connectivity index (χ3v) is 3.74. The molecule has 0 bridgehead atoms. The summed E-state index contributed by atoms with van der Waals surface area (Å²) in [6.45, 7) is 1.60. The van der Waals surface area contributed by atoms with Crippen molar-refractivity contribution in [3.05, 3.63) is 58.1 Å². The lowest BCUT2D eigenvalue weighted by Gasteiger charge is -2.10. The van der Waals surface area contributed by atoms with E-state index in [4.69, 9.17) is 9.47 Å². The highest BCUT2D eigenvalue weighted by molar-refractivity contribution is 9.10. The number of carbonyl (C=O) groups excluding carboxylic acids is 2. The van der Waals surface area contributed by atoms with Crippen molar-refractivity contribution in [2.24, 2.45) is 0 Å². The van der Waals surface area contributed by atoms with Gasteiger partial charge in [0.05, 0.1) is 13.5 Å². The third-order valence-electron chi connectivity index (χ3n) is 3.24. The average molecular weight is 392 g/mol. The molecule has 0 radical (unpaired) electrons. The average Bonchev–Trinajstić information content (AvgIpc) is 2.53. The van der Waals surface area contributed by atoms with Crippen molar-refractivity contribution in [3.63, 3.8) is 0 Å². The smallest absolute Gasteiger partial charge is 0.310 e. The van der Waals surface area contributed by atoms with Crippen molar-refractivity contribution in [2.75, 3.05) is 19.0 Å². The van der Waals surface area contributed by atoms with E-state index in [0.29, 0.717) is 11.4 Å². The summed E-state index contributed by atoms with van der Waals surface area (Å²) in [7, 11) is 1.55. The van der Waals surface area contributed by atoms with Crippen molar-refractivity contribution in [3.8, 4) is 5.75 Å². The number of anilines is 1. The summed E-state index contributed by atoms with van der Waals surface area (Å²) < 4.78 is 11.1. The van der Waals surface area contributed by atoms with Crippen LogP contribution in [0, 0.1) is 6.92 Å². The Hall–Kier alpha value is -2.34. The van der Waals surface area contributed by atoms with Gasteiger partial charge in [-0.05, 0) is 31.2 Å². The lowest BCUT2D eigenvalue weighted by atomic mass is 10.1. The fraction of sp³-hybridized carbons (Fsp3) is 0.222. The van der Waals surface area contributed by atoms with E-state index in [9.17, 15) is 9.59 Å². The van der Waals surface area contributed by atoms with Gasteiger partial charge in [0.25, 0.3) is 5.91 Å². The van der Waals surface area contributed by atoms with Crippen molar-refractivity contribution in [1.29, 1.82) is 0 Å². The van der Waals surface area contributed by atoms with Gasteiger partial charge in [0, 0.05) is 15.7 Å². The number of esters is 1. The molecule has 0 atom stereocenters. The number of rotatable bonds is 6. The quantitative estimate of drug-likeness (QED) is 0.765. The molecule has 0 aromatic heterocycles. The van der Waals surface area contributed by atoms with Gasteiger partial charge >= 0.3 is 5.97 Å². The molecule has 1 amide bonds. The van der Waals surface area contributed by atoms with Gasteiger partial charge in [0.1, 0.15) is 5.75 Å². The Kier molecular flexibility index (Phi) is 6.37. The van der Waals surface area contributed by atoms with Crippen LogP contribution in [-0.2, 0) is 20.7 Å². The third kappa shape index (κ3) is 5.38. The van der Waals surface area contributed by atoms with Gasteiger partial charge in [-0.15, -0.1) is 0 Å². The second-order valence-corrected chi connectivity index (χ2v) is 6.13. The molecular formula is C18H18BrNO4. The van der Waals surface area contributed by atoms with E-state index in [1.54, 1.807) is 31.4 Å². The normalized spacial score (nSPS) is 10.1. The molecule has 0 fully saturated rings. The minimum absolute atomic E-state index is 0.0506. The molecule has 0 spiro atoms. The van der Waals surface area contributed by atoms with Gasteiger partial charge in [0.15, 0.2) is 6.61 Å². The maximum absolute atomic E-state index is 11.9. The minimum Gasteiger partial charge on any atom is -0.496 e. The minimum atomic E-state index is -0.483. The summed E-state index contributed by atoms with van der Waals surface area (Å²) in [5.41, 5.74) is 2.38. The van der Waals surface area contributed by atoms with Crippen LogP contribution in [0.4, 0.5) is 5.69 Å². The van der Waals surface area contributed by atoms with Crippen LogP contribution in [-0.4, -0.2) is 25.6 Å². The first kappa shape index (κ1) is 18.0. The summed E-state index contributed by atoms with van der Waals surface area (Å²) >= 11 is 3.32. The van der Waals surface area contributed by atoms with Crippen LogP contribution in [0.2, 0.25) is 0 Å². The molecule has 126 valence electrons. The van der Waals surface area contributed by atoms with E-state index < -0.39 is 11.9 Å². The van der Waals surface area contributed by atoms with Crippen LogP contribution in [0.25, 0.3) is 0 Å². The Labute approximate surface area is 149 Å². The summed E-state index contributed by atoms with van der Waals surface area (Å²) in [6, 6.07) is 12.7. The molecule has 0 saturated carbocycles. The van der Waals surface area contributed by atoms with E-state index in [1.807, 2.05) is 25.1 Å². The van der Waals surface area contributed by atoms with Crippen LogP contribution in [0.5, 0.6) is 5.75 Å². The standard InChI is InChI=1S/C18H18BrNO4/c1-12-6-7-16(23-2)13(8-12)9-18(22)24-11-17(21)20-15-5-3-4-14(19)10-15/h3-8,10H,9,11H2,1-2H3,(H,20,21). The van der Waals surface area contributed by atoms with Gasteiger partial charge in [-0.3, -0.25) is 9.59 Å². The van der Waals surface area contributed by atoms with Crippen LogP contribution < -0.4 is 10.1 Å². The molecule has 0 aliphatic carbocycles. The summed E-state index contributed by atoms with van der Waals surface area (Å²) in [5.74, 6) is -0.253. The Bertz CT molecular complexity index is 746. The number of amides is 1. The number of methoxy groups -OCH3 is 1. The maximum atomic E-state index is 11.9. The fourth-order valence-corrected chi connectivity index (χ4v) is 2.56. The van der Waals surface area contributed by atoms with Crippen LogP contribution in [0.3, 0.4) is 0 Å². The zero-order valence-electron chi connectivity index (χ0n) is 13.5. The van der Waals surface area contributed by atoms with Crippen molar-refractivity contribution in [2.45, 2.75) is 13.3 Å². The number of hydrogen-bond acceptors (Lipinski definition) is 4. The second kappa shape index (κ2) is 8.49. The van der Waals surface area contributed by atoms with Crippen LogP contribution in [0.1, 0.15) is 11.1 Å². The van der Waals surface area contributed by atoms with E-state index in [2.05, 4.69) is 21.2 Å². The van der Waals surface area contributed by atoms with Crippen molar-refractivity contribution in [1.82, 2.24) is 0 Å². The highest BCUT2D eigenvalue weighted by Gasteiger charge is 2.12. The molecule has 6 heteroatoms. The van der Waals surface area contributed by atoms with E-state index >= 15 is 0 Å². The molecular weight excluding hydrogens is 374 g/mol. The monoisotopic (exact) mass is 391 g/mol. The van der Waals surface area contributed by atoms with E-state index in [0.717, 1.165) is 15.6 Å². The Morgan fingerprint density at radius 3 is 2.67 bits per heavy atom. The number of nitrogens with one attached hydrogen (secondary N) is 1. The molecule has 2 rings (SSSR count). The molecule has 2 aromatic rings. The highest BCUT2D eigenvalue weighted by Crippen LogP contribution is 2.20. The number of benzene rings is 2. The number of ether oxygens (including phenoxy) is 2. The topological polar surface area (TPSA) is 64.6 Å². The molecule has 1 N–H and O–H groups in total. The molecule has 24 heavy (non-hydrogen) atoms. The zero-order valence-corrected chi connectivity index (χ0v) is 15.1. The molecule has 0 aliphatic heterocycles. The van der Waals surface area contributed by atoms with Crippen molar-refractivity contribution >= 4 is 33.5 Å². The predicted molar refractivity (Wildman–Crippen MR) is 95.2 cm³/mol. The number of aryl methyl sites for hydroxylation is 1. The molecule has 0 unspecified atom stereocenters. The first-order valence-corrected chi connectivity index (χ1v) is 8.12. The molecule has 0 aliphatic rings. The number of halogens is 1. The van der Waals surface area contributed by atoms with E-state index in [-0.39, 0.29) is 13.0 Å². The highest BCUT2D eigenvalue weighted by atomic mass is 79.9.